The quantitative estimate of drug-likeness (QED) is 0.861. The highest BCUT2D eigenvalue weighted by atomic mass is 35.5. The van der Waals surface area contributed by atoms with E-state index in [1.807, 2.05) is 18.2 Å². The topological polar surface area (TPSA) is 58.2 Å². The summed E-state index contributed by atoms with van der Waals surface area (Å²) in [4.78, 5) is 24.3. The molecule has 134 valence electrons. The van der Waals surface area contributed by atoms with Gasteiger partial charge in [0.15, 0.2) is 0 Å². The van der Waals surface area contributed by atoms with E-state index < -0.39 is 0 Å². The minimum absolute atomic E-state index is 0.0378. The average molecular weight is 361 g/mol. The molecule has 2 saturated carbocycles. The molecule has 2 amide bonds. The van der Waals surface area contributed by atoms with Gasteiger partial charge in [-0.3, -0.25) is 9.59 Å². The van der Waals surface area contributed by atoms with Crippen molar-refractivity contribution in [3.8, 4) is 0 Å². The number of carbonyl (C=O) groups is 2. The van der Waals surface area contributed by atoms with E-state index in [0.717, 1.165) is 37.8 Å². The van der Waals surface area contributed by atoms with Crippen molar-refractivity contribution in [2.24, 2.45) is 17.3 Å². The maximum absolute atomic E-state index is 12.8. The molecular formula is C20H25ClN2O2. The molecule has 4 nitrogen and oxygen atoms in total. The van der Waals surface area contributed by atoms with E-state index >= 15 is 0 Å². The van der Waals surface area contributed by atoms with Crippen LogP contribution in [-0.4, -0.2) is 18.4 Å². The van der Waals surface area contributed by atoms with E-state index in [4.69, 9.17) is 11.6 Å². The van der Waals surface area contributed by atoms with E-state index in [1.54, 1.807) is 0 Å². The van der Waals surface area contributed by atoms with Crippen LogP contribution in [0, 0.1) is 17.3 Å². The summed E-state index contributed by atoms with van der Waals surface area (Å²) in [6.07, 6.45) is 7.01. The van der Waals surface area contributed by atoms with Crippen molar-refractivity contribution in [2.75, 3.05) is 6.54 Å². The molecular weight excluding hydrogens is 336 g/mol. The number of carbonyl (C=O) groups excluding carboxylic acids is 2. The Balaban J connectivity index is 1.44. The molecule has 1 atom stereocenters. The molecule has 1 aromatic carbocycles. The molecule has 1 saturated heterocycles. The zero-order chi connectivity index (χ0) is 17.4. The van der Waals surface area contributed by atoms with Crippen LogP contribution >= 0.6 is 11.6 Å². The van der Waals surface area contributed by atoms with Crippen LogP contribution < -0.4 is 10.6 Å². The second-order valence-corrected chi connectivity index (χ2v) is 8.58. The summed E-state index contributed by atoms with van der Waals surface area (Å²) in [6, 6.07) is 7.93. The Kier molecular flexibility index (Phi) is 4.48. The molecule has 0 unspecified atom stereocenters. The third-order valence-electron chi connectivity index (χ3n) is 6.30. The molecule has 25 heavy (non-hydrogen) atoms. The molecule has 0 aromatic heterocycles. The predicted molar refractivity (Wildman–Crippen MR) is 97.1 cm³/mol. The summed E-state index contributed by atoms with van der Waals surface area (Å²) in [5, 5.41) is 6.94. The number of amides is 2. The van der Waals surface area contributed by atoms with Crippen LogP contribution in [0.1, 0.15) is 56.6 Å². The Hall–Kier alpha value is -1.55. The van der Waals surface area contributed by atoms with Gasteiger partial charge in [0.2, 0.25) is 11.8 Å². The summed E-state index contributed by atoms with van der Waals surface area (Å²) in [5.41, 5.74) is 1.15. The first-order chi connectivity index (χ1) is 12.0. The Morgan fingerprint density at radius 1 is 1.28 bits per heavy atom. The lowest BCUT2D eigenvalue weighted by molar-refractivity contribution is -0.134. The number of nitrogens with one attached hydrogen (secondary N) is 2. The largest absolute Gasteiger partial charge is 0.356 e. The number of rotatable bonds is 4. The third-order valence-corrected chi connectivity index (χ3v) is 6.54. The number of benzene rings is 1. The van der Waals surface area contributed by atoms with Gasteiger partial charge in [0, 0.05) is 23.9 Å². The van der Waals surface area contributed by atoms with Crippen molar-refractivity contribution in [3.05, 3.63) is 34.9 Å². The lowest BCUT2D eigenvalue weighted by Gasteiger charge is -2.43. The molecule has 3 fully saturated rings. The molecule has 1 aromatic rings. The monoisotopic (exact) mass is 360 g/mol. The lowest BCUT2D eigenvalue weighted by atomic mass is 9.61. The van der Waals surface area contributed by atoms with Gasteiger partial charge in [-0.15, -0.1) is 0 Å². The fourth-order valence-corrected chi connectivity index (χ4v) is 5.15. The van der Waals surface area contributed by atoms with Gasteiger partial charge >= 0.3 is 0 Å². The van der Waals surface area contributed by atoms with Crippen LogP contribution in [0.25, 0.3) is 0 Å². The number of hydrogen-bond donors (Lipinski definition) is 2. The molecule has 2 N–H and O–H groups in total. The SMILES string of the molecule is O=C1CC2(CN1)CC(C(=O)N[C@H](c1cccc(Cl)c1)C1CCCC1)C2. The number of halogens is 1. The molecule has 1 aliphatic heterocycles. The highest BCUT2D eigenvalue weighted by Gasteiger charge is 2.51. The zero-order valence-corrected chi connectivity index (χ0v) is 15.1. The summed E-state index contributed by atoms with van der Waals surface area (Å²) >= 11 is 6.18. The summed E-state index contributed by atoms with van der Waals surface area (Å²) in [6.45, 7) is 0.732. The van der Waals surface area contributed by atoms with Crippen LogP contribution in [0.4, 0.5) is 0 Å². The fraction of sp³-hybridized carbons (Fsp3) is 0.600. The second-order valence-electron chi connectivity index (χ2n) is 8.14. The maximum Gasteiger partial charge on any atom is 0.223 e. The molecule has 3 aliphatic rings. The third kappa shape index (κ3) is 3.41. The van der Waals surface area contributed by atoms with Crippen molar-refractivity contribution in [1.29, 1.82) is 0 Å². The average Bonchev–Trinajstić information content (AvgIpc) is 3.20. The minimum Gasteiger partial charge on any atom is -0.356 e. The van der Waals surface area contributed by atoms with Crippen LogP contribution in [-0.2, 0) is 9.59 Å². The van der Waals surface area contributed by atoms with Gasteiger partial charge < -0.3 is 10.6 Å². The van der Waals surface area contributed by atoms with Crippen molar-refractivity contribution >= 4 is 23.4 Å². The van der Waals surface area contributed by atoms with Crippen molar-refractivity contribution in [3.63, 3.8) is 0 Å². The normalized spacial score (nSPS) is 30.1. The summed E-state index contributed by atoms with van der Waals surface area (Å²) in [5.74, 6) is 0.797. The Morgan fingerprint density at radius 3 is 2.68 bits per heavy atom. The standard InChI is InChI=1S/C20H25ClN2O2/c21-16-7-3-6-14(8-16)18(13-4-1-2-5-13)23-19(25)15-9-20(10-15)11-17(24)22-12-20/h3,6-8,13,15,18H,1-2,4-5,9-12H2,(H,22,24)(H,23,25)/t15?,18-,20?/m0/s1. The van der Waals surface area contributed by atoms with Crippen LogP contribution in [0.5, 0.6) is 0 Å². The highest BCUT2D eigenvalue weighted by Crippen LogP contribution is 2.50. The van der Waals surface area contributed by atoms with Gasteiger partial charge in [-0.2, -0.15) is 0 Å². The van der Waals surface area contributed by atoms with Gasteiger partial charge in [-0.05, 0) is 54.7 Å². The van der Waals surface area contributed by atoms with Crippen molar-refractivity contribution in [1.82, 2.24) is 10.6 Å². The van der Waals surface area contributed by atoms with Gasteiger partial charge in [-0.25, -0.2) is 0 Å². The van der Waals surface area contributed by atoms with Crippen LogP contribution in [0.2, 0.25) is 5.02 Å². The number of hydrogen-bond acceptors (Lipinski definition) is 2. The molecule has 5 heteroatoms. The van der Waals surface area contributed by atoms with E-state index in [2.05, 4.69) is 16.7 Å². The molecule has 2 aliphatic carbocycles. The Labute approximate surface area is 153 Å². The lowest BCUT2D eigenvalue weighted by Crippen LogP contribution is -2.48. The summed E-state index contributed by atoms with van der Waals surface area (Å²) in [7, 11) is 0. The van der Waals surface area contributed by atoms with E-state index in [1.165, 1.54) is 12.8 Å². The van der Waals surface area contributed by atoms with E-state index in [0.29, 0.717) is 17.4 Å². The first-order valence-electron chi connectivity index (χ1n) is 9.37. The van der Waals surface area contributed by atoms with Crippen molar-refractivity contribution in [2.45, 2.75) is 51.0 Å². The van der Waals surface area contributed by atoms with Gasteiger partial charge in [0.05, 0.1) is 6.04 Å². The predicted octanol–water partition coefficient (Wildman–Crippen LogP) is 3.60. The van der Waals surface area contributed by atoms with Gasteiger partial charge in [0.25, 0.3) is 0 Å². The van der Waals surface area contributed by atoms with Crippen molar-refractivity contribution < 1.29 is 9.59 Å². The van der Waals surface area contributed by atoms with E-state index in [-0.39, 0.29) is 29.2 Å². The van der Waals surface area contributed by atoms with Crippen LogP contribution in [0.3, 0.4) is 0 Å². The molecule has 1 spiro atoms. The van der Waals surface area contributed by atoms with Gasteiger partial charge in [0.1, 0.15) is 0 Å². The molecule has 1 heterocycles. The molecule has 4 rings (SSSR count). The second kappa shape index (κ2) is 6.64. The zero-order valence-electron chi connectivity index (χ0n) is 14.4. The maximum atomic E-state index is 12.8. The van der Waals surface area contributed by atoms with Crippen LogP contribution in [0.15, 0.2) is 24.3 Å². The first-order valence-corrected chi connectivity index (χ1v) is 9.75. The fourth-order valence-electron chi connectivity index (χ4n) is 4.95. The van der Waals surface area contributed by atoms with E-state index in [9.17, 15) is 9.59 Å². The highest BCUT2D eigenvalue weighted by molar-refractivity contribution is 6.30. The minimum atomic E-state index is 0.0378. The van der Waals surface area contributed by atoms with Gasteiger partial charge in [-0.1, -0.05) is 36.6 Å². The molecule has 0 radical (unpaired) electrons. The summed E-state index contributed by atoms with van der Waals surface area (Å²) < 4.78 is 0. The first kappa shape index (κ1) is 16.9. The Morgan fingerprint density at radius 2 is 2.04 bits per heavy atom. The molecule has 0 bridgehead atoms. The smallest absolute Gasteiger partial charge is 0.223 e. The Bertz CT molecular complexity index is 678.